The third-order valence-electron chi connectivity index (χ3n) is 11.4. The zero-order chi connectivity index (χ0) is 47.2. The molecule has 0 fully saturated rings. The lowest BCUT2D eigenvalue weighted by atomic mass is 10.0. The van der Waals surface area contributed by atoms with Crippen LogP contribution in [0.3, 0.4) is 0 Å². The molecule has 0 aromatic rings. The Labute approximate surface area is 401 Å². The lowest BCUT2D eigenvalue weighted by Crippen LogP contribution is -2.30. The molecule has 0 aromatic carbocycles. The monoisotopic (exact) mass is 905 g/mol. The van der Waals surface area contributed by atoms with Crippen LogP contribution in [-0.2, 0) is 28.6 Å². The first-order valence-corrected chi connectivity index (χ1v) is 27.1. The van der Waals surface area contributed by atoms with Crippen molar-refractivity contribution in [1.82, 2.24) is 0 Å². The molecule has 1 unspecified atom stereocenters. The Bertz CT molecular complexity index is 1270. The number of carbonyl (C=O) groups excluding carboxylic acids is 3. The third kappa shape index (κ3) is 51.4. The van der Waals surface area contributed by atoms with Gasteiger partial charge in [-0.1, -0.05) is 234 Å². The fourth-order valence-electron chi connectivity index (χ4n) is 7.35. The van der Waals surface area contributed by atoms with E-state index >= 15 is 0 Å². The molecular weight excluding hydrogens is 805 g/mol. The van der Waals surface area contributed by atoms with Gasteiger partial charge in [0.25, 0.3) is 0 Å². The van der Waals surface area contributed by atoms with Crippen molar-refractivity contribution < 1.29 is 28.6 Å². The molecule has 6 heteroatoms. The zero-order valence-corrected chi connectivity index (χ0v) is 42.5. The smallest absolute Gasteiger partial charge is 0.306 e. The normalized spacial score (nSPS) is 12.7. The number of carbonyl (C=O) groups is 3. The van der Waals surface area contributed by atoms with E-state index in [-0.39, 0.29) is 37.5 Å². The fraction of sp³-hybridized carbons (Fsp3) is 0.712. The van der Waals surface area contributed by atoms with Crippen molar-refractivity contribution in [3.8, 4) is 0 Å². The topological polar surface area (TPSA) is 78.9 Å². The number of hydrogen-bond donors (Lipinski definition) is 0. The maximum atomic E-state index is 12.8. The van der Waals surface area contributed by atoms with E-state index < -0.39 is 6.10 Å². The molecule has 0 N–H and O–H groups in total. The summed E-state index contributed by atoms with van der Waals surface area (Å²) in [4.78, 5) is 38.0. The summed E-state index contributed by atoms with van der Waals surface area (Å²) >= 11 is 0. The number of ether oxygens (including phenoxy) is 3. The lowest BCUT2D eigenvalue weighted by molar-refractivity contribution is -0.166. The Morgan fingerprint density at radius 1 is 0.323 bits per heavy atom. The van der Waals surface area contributed by atoms with Crippen LogP contribution in [0.1, 0.15) is 252 Å². The Hall–Kier alpha value is -3.41. The van der Waals surface area contributed by atoms with Crippen molar-refractivity contribution >= 4 is 17.9 Å². The summed E-state index contributed by atoms with van der Waals surface area (Å²) in [5.74, 6) is -0.995. The number of unbranched alkanes of at least 4 members (excludes halogenated alkanes) is 23. The van der Waals surface area contributed by atoms with Crippen molar-refractivity contribution in [2.45, 2.75) is 258 Å². The molecule has 0 aliphatic carbocycles. The molecule has 0 saturated heterocycles. The summed E-state index contributed by atoms with van der Waals surface area (Å²) in [5, 5.41) is 0. The summed E-state index contributed by atoms with van der Waals surface area (Å²) in [7, 11) is 0. The van der Waals surface area contributed by atoms with E-state index in [1.54, 1.807) is 0 Å². The molecule has 0 aliphatic heterocycles. The molecule has 0 spiro atoms. The number of esters is 3. The number of rotatable bonds is 48. The zero-order valence-electron chi connectivity index (χ0n) is 42.5. The highest BCUT2D eigenvalue weighted by molar-refractivity contribution is 5.71. The standard InChI is InChI=1S/C59H100O6/c1-4-7-10-13-16-19-22-25-27-29-30-31-33-34-37-40-43-46-49-52-58(61)64-55-56(54-63-57(60)51-48-45-42-39-36-24-21-18-15-12-9-6-3)65-59(62)53-50-47-44-41-38-35-32-28-26-23-20-17-14-11-8-5-2/h7,10,16,19,25,27-28,30-32,34,37,43,46,56H,4-6,8-9,11-15,17-18,20-24,26,29,33,35-36,38-42,44-45,47-55H2,1-3H3/b10-7-,19-16-,27-25-,31-30-,32-28-,37-34-,46-43-. The van der Waals surface area contributed by atoms with E-state index in [1.165, 1.54) is 116 Å². The minimum absolute atomic E-state index is 0.101. The molecule has 0 bridgehead atoms. The van der Waals surface area contributed by atoms with Gasteiger partial charge in [0.2, 0.25) is 0 Å². The molecule has 6 nitrogen and oxygen atoms in total. The van der Waals surface area contributed by atoms with Crippen LogP contribution in [0.5, 0.6) is 0 Å². The van der Waals surface area contributed by atoms with Gasteiger partial charge < -0.3 is 14.2 Å². The van der Waals surface area contributed by atoms with Crippen LogP contribution in [0.25, 0.3) is 0 Å². The summed E-state index contributed by atoms with van der Waals surface area (Å²) in [5.41, 5.74) is 0. The first kappa shape index (κ1) is 61.6. The minimum Gasteiger partial charge on any atom is -0.462 e. The van der Waals surface area contributed by atoms with Crippen molar-refractivity contribution in [2.24, 2.45) is 0 Å². The van der Waals surface area contributed by atoms with Gasteiger partial charge in [-0.3, -0.25) is 14.4 Å². The predicted molar refractivity (Wildman–Crippen MR) is 279 cm³/mol. The van der Waals surface area contributed by atoms with Crippen molar-refractivity contribution in [1.29, 1.82) is 0 Å². The molecule has 372 valence electrons. The van der Waals surface area contributed by atoms with E-state index in [0.29, 0.717) is 19.3 Å². The van der Waals surface area contributed by atoms with Crippen LogP contribution in [0, 0.1) is 0 Å². The second-order valence-corrected chi connectivity index (χ2v) is 17.8. The van der Waals surface area contributed by atoms with Crippen LogP contribution in [0.15, 0.2) is 85.1 Å². The Kier molecular flexibility index (Phi) is 50.4. The van der Waals surface area contributed by atoms with Crippen LogP contribution in [0.2, 0.25) is 0 Å². The fourth-order valence-corrected chi connectivity index (χ4v) is 7.35. The molecule has 65 heavy (non-hydrogen) atoms. The highest BCUT2D eigenvalue weighted by atomic mass is 16.6. The summed E-state index contributed by atoms with van der Waals surface area (Å²) in [6.07, 6.45) is 68.6. The van der Waals surface area contributed by atoms with Crippen molar-refractivity contribution in [2.75, 3.05) is 13.2 Å². The SMILES string of the molecule is CC/C=C\C/C=C\C/C=C\C/C=C\C/C=C\C/C=C\CCC(=O)OCC(COC(=O)CCCCCCCCCCCCCC)OC(=O)CCCCCCC/C=C\CCCCCCCCC. The lowest BCUT2D eigenvalue weighted by Gasteiger charge is -2.18. The van der Waals surface area contributed by atoms with Crippen molar-refractivity contribution in [3.05, 3.63) is 85.1 Å². The summed E-state index contributed by atoms with van der Waals surface area (Å²) < 4.78 is 16.7. The molecule has 0 aliphatic rings. The van der Waals surface area contributed by atoms with E-state index in [4.69, 9.17) is 14.2 Å². The van der Waals surface area contributed by atoms with Gasteiger partial charge in [-0.2, -0.15) is 0 Å². The highest BCUT2D eigenvalue weighted by Crippen LogP contribution is 2.14. The molecule has 0 radical (unpaired) electrons. The minimum atomic E-state index is -0.809. The average Bonchev–Trinajstić information content (AvgIpc) is 3.30. The first-order valence-electron chi connectivity index (χ1n) is 27.1. The van der Waals surface area contributed by atoms with E-state index in [0.717, 1.165) is 89.9 Å². The van der Waals surface area contributed by atoms with Crippen LogP contribution in [0.4, 0.5) is 0 Å². The molecule has 0 rings (SSSR count). The van der Waals surface area contributed by atoms with Crippen LogP contribution >= 0.6 is 0 Å². The van der Waals surface area contributed by atoms with E-state index in [9.17, 15) is 14.4 Å². The van der Waals surface area contributed by atoms with Gasteiger partial charge in [0, 0.05) is 19.3 Å². The maximum absolute atomic E-state index is 12.8. The Balaban J connectivity index is 4.49. The highest BCUT2D eigenvalue weighted by Gasteiger charge is 2.19. The van der Waals surface area contributed by atoms with Crippen LogP contribution < -0.4 is 0 Å². The second-order valence-electron chi connectivity index (χ2n) is 17.8. The third-order valence-corrected chi connectivity index (χ3v) is 11.4. The van der Waals surface area contributed by atoms with E-state index in [2.05, 4.69) is 99.8 Å². The maximum Gasteiger partial charge on any atom is 0.306 e. The Morgan fingerprint density at radius 2 is 0.631 bits per heavy atom. The van der Waals surface area contributed by atoms with Gasteiger partial charge in [0.1, 0.15) is 13.2 Å². The first-order chi connectivity index (χ1) is 32.0. The summed E-state index contributed by atoms with van der Waals surface area (Å²) in [6, 6.07) is 0. The van der Waals surface area contributed by atoms with Crippen LogP contribution in [-0.4, -0.2) is 37.2 Å². The molecule has 1 atom stereocenters. The van der Waals surface area contributed by atoms with E-state index in [1.807, 2.05) is 6.08 Å². The molecule has 0 heterocycles. The van der Waals surface area contributed by atoms with Gasteiger partial charge in [0.05, 0.1) is 0 Å². The molecular formula is C59H100O6. The van der Waals surface area contributed by atoms with Crippen molar-refractivity contribution in [3.63, 3.8) is 0 Å². The Morgan fingerprint density at radius 3 is 1.03 bits per heavy atom. The molecule has 0 saturated carbocycles. The van der Waals surface area contributed by atoms with Gasteiger partial charge in [-0.15, -0.1) is 0 Å². The molecule has 0 amide bonds. The average molecular weight is 905 g/mol. The van der Waals surface area contributed by atoms with Gasteiger partial charge in [-0.25, -0.2) is 0 Å². The quantitative estimate of drug-likeness (QED) is 0.0262. The van der Waals surface area contributed by atoms with Gasteiger partial charge in [-0.05, 0) is 83.5 Å². The van der Waals surface area contributed by atoms with Gasteiger partial charge in [0.15, 0.2) is 6.10 Å². The number of hydrogen-bond acceptors (Lipinski definition) is 6. The molecule has 0 aromatic heterocycles. The second kappa shape index (κ2) is 53.2. The summed E-state index contributed by atoms with van der Waals surface area (Å²) in [6.45, 7) is 6.45. The predicted octanol–water partition coefficient (Wildman–Crippen LogP) is 18.0. The van der Waals surface area contributed by atoms with Gasteiger partial charge >= 0.3 is 17.9 Å². The largest absolute Gasteiger partial charge is 0.462 e. The number of allylic oxidation sites excluding steroid dienone is 14.